The molecule has 0 spiro atoms. The number of pyridine rings is 1. The van der Waals surface area contributed by atoms with Crippen molar-refractivity contribution in [1.82, 2.24) is 4.98 Å². The largest absolute Gasteiger partial charge is 0.248 e. The zero-order valence-corrected chi connectivity index (χ0v) is 17.6. The molecule has 0 aliphatic rings. The molecule has 0 radical (unpaired) electrons. The molecule has 28 heavy (non-hydrogen) atoms. The minimum atomic E-state index is 0.0803. The van der Waals surface area contributed by atoms with Gasteiger partial charge in [-0.2, -0.15) is 0 Å². The molecule has 0 aliphatic carbocycles. The van der Waals surface area contributed by atoms with Crippen LogP contribution in [0.2, 0.25) is 0 Å². The Morgan fingerprint density at radius 2 is 1.57 bits per heavy atom. The average Bonchev–Trinajstić information content (AvgIpc) is 2.65. The molecule has 4 aromatic rings. The van der Waals surface area contributed by atoms with Gasteiger partial charge in [0.1, 0.15) is 0 Å². The molecule has 0 aliphatic heterocycles. The Bertz CT molecular complexity index is 1150. The van der Waals surface area contributed by atoms with Gasteiger partial charge in [0.2, 0.25) is 0 Å². The van der Waals surface area contributed by atoms with Crippen molar-refractivity contribution in [2.75, 3.05) is 0 Å². The molecule has 1 nitrogen and oxygen atoms in total. The molecule has 142 valence electrons. The monoisotopic (exact) mass is 367 g/mol. The molecule has 0 bridgehead atoms. The first-order valence-electron chi connectivity index (χ1n) is 10.2. The summed E-state index contributed by atoms with van der Waals surface area (Å²) in [6.07, 6.45) is 1.09. The van der Waals surface area contributed by atoms with Crippen molar-refractivity contribution >= 4 is 21.7 Å². The maximum absolute atomic E-state index is 5.04. The summed E-state index contributed by atoms with van der Waals surface area (Å²) in [5, 5.41) is 3.81. The number of nitrogens with zero attached hydrogens (tertiary/aromatic N) is 1. The molecule has 0 atom stereocenters. The van der Waals surface area contributed by atoms with E-state index in [4.69, 9.17) is 4.98 Å². The van der Waals surface area contributed by atoms with Crippen molar-refractivity contribution in [3.05, 3.63) is 77.9 Å². The molecule has 0 amide bonds. The Balaban J connectivity index is 1.88. The van der Waals surface area contributed by atoms with E-state index >= 15 is 0 Å². The maximum Gasteiger partial charge on any atom is 0.0712 e. The van der Waals surface area contributed by atoms with Crippen LogP contribution in [0.1, 0.15) is 45.7 Å². The first-order valence-corrected chi connectivity index (χ1v) is 10.2. The molecular formula is C27H29N. The van der Waals surface area contributed by atoms with E-state index in [0.29, 0.717) is 5.92 Å². The second-order valence-electron chi connectivity index (χ2n) is 9.32. The van der Waals surface area contributed by atoms with Crippen LogP contribution in [0.4, 0.5) is 0 Å². The highest BCUT2D eigenvalue weighted by atomic mass is 14.7. The van der Waals surface area contributed by atoms with Gasteiger partial charge in [-0.05, 0) is 63.9 Å². The molecule has 0 fully saturated rings. The lowest BCUT2D eigenvalue weighted by molar-refractivity contribution is 0.596. The number of rotatable bonds is 3. The van der Waals surface area contributed by atoms with Gasteiger partial charge in [-0.1, -0.05) is 77.1 Å². The topological polar surface area (TPSA) is 12.9 Å². The molecule has 0 saturated heterocycles. The van der Waals surface area contributed by atoms with Crippen LogP contribution in [-0.4, -0.2) is 4.98 Å². The van der Waals surface area contributed by atoms with E-state index in [1.165, 1.54) is 32.8 Å². The Morgan fingerprint density at radius 1 is 0.821 bits per heavy atom. The number of hydrogen-bond acceptors (Lipinski definition) is 1. The van der Waals surface area contributed by atoms with Crippen molar-refractivity contribution in [2.45, 2.75) is 46.5 Å². The number of fused-ring (bicyclic) bond motifs is 2. The van der Waals surface area contributed by atoms with Gasteiger partial charge >= 0.3 is 0 Å². The highest BCUT2D eigenvalue weighted by Gasteiger charge is 2.18. The normalized spacial score (nSPS) is 12.2. The molecule has 0 saturated carbocycles. The zero-order valence-electron chi connectivity index (χ0n) is 17.6. The van der Waals surface area contributed by atoms with Gasteiger partial charge in [0.05, 0.1) is 11.2 Å². The van der Waals surface area contributed by atoms with Gasteiger partial charge in [0.15, 0.2) is 0 Å². The fourth-order valence-corrected chi connectivity index (χ4v) is 4.00. The number of aromatic nitrogens is 1. The summed E-state index contributed by atoms with van der Waals surface area (Å²) in [7, 11) is 0. The number of benzene rings is 3. The first-order chi connectivity index (χ1) is 13.3. The lowest BCUT2D eigenvalue weighted by Gasteiger charge is -2.22. The molecule has 1 aromatic heterocycles. The summed E-state index contributed by atoms with van der Waals surface area (Å²) < 4.78 is 0. The van der Waals surface area contributed by atoms with Crippen molar-refractivity contribution in [1.29, 1.82) is 0 Å². The Hall–Kier alpha value is -2.67. The van der Waals surface area contributed by atoms with Crippen LogP contribution in [0.5, 0.6) is 0 Å². The predicted molar refractivity (Wildman–Crippen MR) is 122 cm³/mol. The summed E-state index contributed by atoms with van der Waals surface area (Å²) >= 11 is 0. The molecule has 1 heterocycles. The minimum Gasteiger partial charge on any atom is -0.248 e. The molecule has 0 N–H and O–H groups in total. The minimum absolute atomic E-state index is 0.0803. The SMILES string of the molecule is CC(C)Cc1ccc2ccc(-c3cc(C(C)(C)C)c4ccccc4c3)nc2c1. The Kier molecular flexibility index (Phi) is 4.71. The van der Waals surface area contributed by atoms with E-state index in [1.54, 1.807) is 0 Å². The summed E-state index contributed by atoms with van der Waals surface area (Å²) in [6, 6.07) is 24.3. The van der Waals surface area contributed by atoms with E-state index in [-0.39, 0.29) is 5.41 Å². The van der Waals surface area contributed by atoms with Gasteiger partial charge in [-0.25, -0.2) is 4.98 Å². The fraction of sp³-hybridized carbons (Fsp3) is 0.296. The lowest BCUT2D eigenvalue weighted by atomic mass is 9.82. The van der Waals surface area contributed by atoms with Crippen LogP contribution >= 0.6 is 0 Å². The summed E-state index contributed by atoms with van der Waals surface area (Å²) in [5.74, 6) is 0.649. The standard InChI is InChI=1S/C27H29N/c1-18(2)14-19-10-11-20-12-13-25(28-26(20)15-19)22-16-21-8-6-7-9-23(21)24(17-22)27(3,4)5/h6-13,15-18H,14H2,1-5H3. The van der Waals surface area contributed by atoms with Crippen molar-refractivity contribution in [3.8, 4) is 11.3 Å². The molecule has 1 heteroatoms. The van der Waals surface area contributed by atoms with E-state index < -0.39 is 0 Å². The first kappa shape index (κ1) is 18.7. The third kappa shape index (κ3) is 3.67. The highest BCUT2D eigenvalue weighted by Crippen LogP contribution is 2.34. The van der Waals surface area contributed by atoms with Crippen LogP contribution in [0.15, 0.2) is 66.7 Å². The van der Waals surface area contributed by atoms with E-state index in [2.05, 4.69) is 101 Å². The van der Waals surface area contributed by atoms with E-state index in [0.717, 1.165) is 17.6 Å². The van der Waals surface area contributed by atoms with Gasteiger partial charge < -0.3 is 0 Å². The zero-order chi connectivity index (χ0) is 19.9. The fourth-order valence-electron chi connectivity index (χ4n) is 4.00. The summed E-state index contributed by atoms with van der Waals surface area (Å²) in [5.41, 5.74) is 6.14. The van der Waals surface area contributed by atoms with Crippen molar-refractivity contribution in [2.24, 2.45) is 5.92 Å². The molecule has 3 aromatic carbocycles. The average molecular weight is 368 g/mol. The quantitative estimate of drug-likeness (QED) is 0.364. The maximum atomic E-state index is 5.04. The van der Waals surface area contributed by atoms with Gasteiger partial charge in [0, 0.05) is 10.9 Å². The second-order valence-corrected chi connectivity index (χ2v) is 9.32. The second kappa shape index (κ2) is 7.05. The molecular weight excluding hydrogens is 338 g/mol. The van der Waals surface area contributed by atoms with Gasteiger partial charge in [0.25, 0.3) is 0 Å². The molecule has 4 rings (SSSR count). The summed E-state index contributed by atoms with van der Waals surface area (Å²) in [4.78, 5) is 5.04. The van der Waals surface area contributed by atoms with Crippen LogP contribution in [-0.2, 0) is 11.8 Å². The number of hydrogen-bond donors (Lipinski definition) is 0. The van der Waals surface area contributed by atoms with Crippen LogP contribution in [0, 0.1) is 5.92 Å². The van der Waals surface area contributed by atoms with E-state index in [1.807, 2.05) is 0 Å². The van der Waals surface area contributed by atoms with Gasteiger partial charge in [-0.15, -0.1) is 0 Å². The van der Waals surface area contributed by atoms with Gasteiger partial charge in [-0.3, -0.25) is 0 Å². The smallest absolute Gasteiger partial charge is 0.0712 e. The third-order valence-corrected chi connectivity index (χ3v) is 5.37. The lowest BCUT2D eigenvalue weighted by Crippen LogP contribution is -2.12. The van der Waals surface area contributed by atoms with Crippen LogP contribution in [0.25, 0.3) is 32.9 Å². The van der Waals surface area contributed by atoms with Crippen LogP contribution in [0.3, 0.4) is 0 Å². The third-order valence-electron chi connectivity index (χ3n) is 5.37. The Morgan fingerprint density at radius 3 is 2.32 bits per heavy atom. The molecule has 0 unspecified atom stereocenters. The predicted octanol–water partition coefficient (Wildman–Crippen LogP) is 7.55. The van der Waals surface area contributed by atoms with Crippen molar-refractivity contribution < 1.29 is 0 Å². The van der Waals surface area contributed by atoms with Crippen LogP contribution < -0.4 is 0 Å². The van der Waals surface area contributed by atoms with Crippen molar-refractivity contribution in [3.63, 3.8) is 0 Å². The van der Waals surface area contributed by atoms with E-state index in [9.17, 15) is 0 Å². The Labute approximate surface area is 168 Å². The highest BCUT2D eigenvalue weighted by molar-refractivity contribution is 5.91. The summed E-state index contributed by atoms with van der Waals surface area (Å²) in [6.45, 7) is 11.4.